The zero-order valence-electron chi connectivity index (χ0n) is 18.5. The molecule has 0 spiro atoms. The van der Waals surface area contributed by atoms with E-state index in [4.69, 9.17) is 11.6 Å². The van der Waals surface area contributed by atoms with Crippen molar-refractivity contribution in [3.05, 3.63) is 52.7 Å². The van der Waals surface area contributed by atoms with Crippen LogP contribution < -0.4 is 4.90 Å². The number of piperidine rings is 1. The molecule has 2 fully saturated rings. The summed E-state index contributed by atoms with van der Waals surface area (Å²) >= 11 is 6.25. The predicted octanol–water partition coefficient (Wildman–Crippen LogP) is 3.10. The lowest BCUT2D eigenvalue weighted by atomic mass is 9.96. The van der Waals surface area contributed by atoms with Crippen LogP contribution in [0.3, 0.4) is 0 Å². The van der Waals surface area contributed by atoms with Crippen molar-refractivity contribution in [2.24, 2.45) is 5.92 Å². The number of hydrogen-bond acceptors (Lipinski definition) is 5. The van der Waals surface area contributed by atoms with Crippen LogP contribution >= 0.6 is 11.6 Å². The number of amides is 1. The molecule has 2 aliphatic rings. The van der Waals surface area contributed by atoms with Gasteiger partial charge in [-0.2, -0.15) is 4.31 Å². The summed E-state index contributed by atoms with van der Waals surface area (Å²) in [7, 11) is -3.54. The molecule has 7 nitrogen and oxygen atoms in total. The van der Waals surface area contributed by atoms with Gasteiger partial charge in [-0.05, 0) is 50.5 Å². The Morgan fingerprint density at radius 3 is 2.34 bits per heavy atom. The van der Waals surface area contributed by atoms with E-state index in [1.807, 2.05) is 36.9 Å². The first-order chi connectivity index (χ1) is 15.3. The van der Waals surface area contributed by atoms with Crippen molar-refractivity contribution in [3.63, 3.8) is 0 Å². The maximum absolute atomic E-state index is 13.1. The number of carbonyl (C=O) groups is 1. The number of pyridine rings is 1. The molecule has 2 aliphatic heterocycles. The van der Waals surface area contributed by atoms with Gasteiger partial charge in [0, 0.05) is 51.4 Å². The highest BCUT2D eigenvalue weighted by Crippen LogP contribution is 2.28. The Balaban J connectivity index is 1.33. The topological polar surface area (TPSA) is 73.8 Å². The van der Waals surface area contributed by atoms with Crippen molar-refractivity contribution < 1.29 is 13.2 Å². The van der Waals surface area contributed by atoms with E-state index in [0.29, 0.717) is 62.0 Å². The molecule has 4 rings (SSSR count). The van der Waals surface area contributed by atoms with Crippen molar-refractivity contribution in [1.29, 1.82) is 0 Å². The van der Waals surface area contributed by atoms with Crippen LogP contribution in [-0.2, 0) is 14.8 Å². The normalized spacial score (nSPS) is 18.7. The maximum Gasteiger partial charge on any atom is 0.243 e. The number of halogens is 1. The van der Waals surface area contributed by atoms with Crippen molar-refractivity contribution in [2.75, 3.05) is 44.2 Å². The Labute approximate surface area is 195 Å². The van der Waals surface area contributed by atoms with Gasteiger partial charge in [0.1, 0.15) is 5.82 Å². The first kappa shape index (κ1) is 23.0. The fourth-order valence-corrected chi connectivity index (χ4v) is 6.49. The van der Waals surface area contributed by atoms with Gasteiger partial charge in [-0.15, -0.1) is 0 Å². The molecule has 0 atom stereocenters. The SMILES string of the molecule is Cc1ccc(S(=O)(=O)N2CCC(C(=O)N3CCN(c4ncccc4Cl)CC3)CC2)c(C)c1. The predicted molar refractivity (Wildman–Crippen MR) is 125 cm³/mol. The van der Waals surface area contributed by atoms with Gasteiger partial charge < -0.3 is 9.80 Å². The summed E-state index contributed by atoms with van der Waals surface area (Å²) in [5.74, 6) is 0.747. The van der Waals surface area contributed by atoms with Crippen molar-refractivity contribution in [2.45, 2.75) is 31.6 Å². The first-order valence-electron chi connectivity index (χ1n) is 11.0. The van der Waals surface area contributed by atoms with E-state index in [1.165, 1.54) is 4.31 Å². The largest absolute Gasteiger partial charge is 0.352 e. The van der Waals surface area contributed by atoms with Gasteiger partial charge in [-0.3, -0.25) is 4.79 Å². The molecule has 9 heteroatoms. The molecule has 0 bridgehead atoms. The quantitative estimate of drug-likeness (QED) is 0.677. The van der Waals surface area contributed by atoms with Crippen molar-refractivity contribution >= 4 is 33.3 Å². The number of benzene rings is 1. The second kappa shape index (κ2) is 9.37. The fourth-order valence-electron chi connectivity index (χ4n) is 4.58. The molecule has 0 unspecified atom stereocenters. The molecule has 2 saturated heterocycles. The van der Waals surface area contributed by atoms with Gasteiger partial charge in [0.25, 0.3) is 0 Å². The minimum absolute atomic E-state index is 0.125. The van der Waals surface area contributed by atoms with E-state index < -0.39 is 10.0 Å². The molecular formula is C23H29ClN4O3S. The Morgan fingerprint density at radius 1 is 1.03 bits per heavy atom. The Kier molecular flexibility index (Phi) is 6.74. The smallest absolute Gasteiger partial charge is 0.243 e. The van der Waals surface area contributed by atoms with Crippen LogP contribution in [0.2, 0.25) is 5.02 Å². The second-order valence-electron chi connectivity index (χ2n) is 8.57. The number of rotatable bonds is 4. The third-order valence-electron chi connectivity index (χ3n) is 6.38. The van der Waals surface area contributed by atoms with Crippen molar-refractivity contribution in [3.8, 4) is 0 Å². The Bertz CT molecular complexity index is 1090. The average Bonchev–Trinajstić information content (AvgIpc) is 2.79. The van der Waals surface area contributed by atoms with Crippen LogP contribution in [0, 0.1) is 19.8 Å². The molecule has 0 aliphatic carbocycles. The highest BCUT2D eigenvalue weighted by atomic mass is 35.5. The van der Waals surface area contributed by atoms with Crippen LogP contribution in [0.25, 0.3) is 0 Å². The van der Waals surface area contributed by atoms with Gasteiger partial charge >= 0.3 is 0 Å². The summed E-state index contributed by atoms with van der Waals surface area (Å²) in [6.07, 6.45) is 2.82. The molecule has 0 saturated carbocycles. The molecule has 32 heavy (non-hydrogen) atoms. The van der Waals surface area contributed by atoms with Gasteiger partial charge in [0.15, 0.2) is 0 Å². The van der Waals surface area contributed by atoms with Crippen LogP contribution in [0.4, 0.5) is 5.82 Å². The molecule has 172 valence electrons. The van der Waals surface area contributed by atoms with E-state index in [1.54, 1.807) is 18.3 Å². The lowest BCUT2D eigenvalue weighted by Gasteiger charge is -2.39. The lowest BCUT2D eigenvalue weighted by molar-refractivity contribution is -0.137. The fraction of sp³-hybridized carbons (Fsp3) is 0.478. The summed E-state index contributed by atoms with van der Waals surface area (Å²) in [6.45, 7) is 7.12. The Hall–Kier alpha value is -2.16. The van der Waals surface area contributed by atoms with Crippen LogP contribution in [0.1, 0.15) is 24.0 Å². The van der Waals surface area contributed by atoms with Gasteiger partial charge in [0.2, 0.25) is 15.9 Å². The first-order valence-corrected chi connectivity index (χ1v) is 12.8. The number of aryl methyl sites for hydroxylation is 2. The summed E-state index contributed by atoms with van der Waals surface area (Å²) in [5, 5.41) is 0.615. The molecule has 1 aromatic heterocycles. The molecule has 0 N–H and O–H groups in total. The number of hydrogen-bond donors (Lipinski definition) is 0. The van der Waals surface area contributed by atoms with Crippen molar-refractivity contribution in [1.82, 2.24) is 14.2 Å². The minimum atomic E-state index is -3.54. The summed E-state index contributed by atoms with van der Waals surface area (Å²) in [6, 6.07) is 9.03. The number of aromatic nitrogens is 1. The van der Waals surface area contributed by atoms with Gasteiger partial charge in [-0.1, -0.05) is 29.3 Å². The molecular weight excluding hydrogens is 448 g/mol. The van der Waals surface area contributed by atoms with Gasteiger partial charge in [-0.25, -0.2) is 13.4 Å². The average molecular weight is 477 g/mol. The standard InChI is InChI=1S/C23H29ClN4O3S/c1-17-5-6-21(18(2)16-17)32(30,31)28-10-7-19(8-11-28)23(29)27-14-12-26(13-15-27)22-20(24)4-3-9-25-22/h3-6,9,16,19H,7-8,10-15H2,1-2H3. The van der Waals surface area contributed by atoms with E-state index in [-0.39, 0.29) is 11.8 Å². The molecule has 2 aromatic rings. The number of anilines is 1. The summed E-state index contributed by atoms with van der Waals surface area (Å²) in [4.78, 5) is 21.8. The second-order valence-corrected chi connectivity index (χ2v) is 10.9. The number of carbonyl (C=O) groups excluding carboxylic acids is 1. The number of nitrogens with zero attached hydrogens (tertiary/aromatic N) is 4. The zero-order valence-corrected chi connectivity index (χ0v) is 20.1. The molecule has 1 amide bonds. The van der Waals surface area contributed by atoms with E-state index in [0.717, 1.165) is 16.9 Å². The van der Waals surface area contributed by atoms with E-state index in [2.05, 4.69) is 9.88 Å². The Morgan fingerprint density at radius 2 is 1.72 bits per heavy atom. The maximum atomic E-state index is 13.1. The third-order valence-corrected chi connectivity index (χ3v) is 8.74. The molecule has 1 aromatic carbocycles. The highest BCUT2D eigenvalue weighted by Gasteiger charge is 2.35. The van der Waals surface area contributed by atoms with Crippen LogP contribution in [-0.4, -0.2) is 67.8 Å². The van der Waals surface area contributed by atoms with E-state index in [9.17, 15) is 13.2 Å². The molecule has 3 heterocycles. The van der Waals surface area contributed by atoms with Crippen LogP contribution in [0.5, 0.6) is 0 Å². The monoisotopic (exact) mass is 476 g/mol. The van der Waals surface area contributed by atoms with Crippen LogP contribution in [0.15, 0.2) is 41.4 Å². The number of sulfonamides is 1. The summed E-state index contributed by atoms with van der Waals surface area (Å²) in [5.41, 5.74) is 1.80. The lowest BCUT2D eigenvalue weighted by Crippen LogP contribution is -2.52. The highest BCUT2D eigenvalue weighted by molar-refractivity contribution is 7.89. The third kappa shape index (κ3) is 4.63. The molecule has 0 radical (unpaired) electrons. The zero-order chi connectivity index (χ0) is 22.9. The number of piperazine rings is 1. The van der Waals surface area contributed by atoms with E-state index >= 15 is 0 Å². The minimum Gasteiger partial charge on any atom is -0.352 e. The summed E-state index contributed by atoms with van der Waals surface area (Å²) < 4.78 is 27.7. The van der Waals surface area contributed by atoms with Gasteiger partial charge in [0.05, 0.1) is 9.92 Å².